The average Bonchev–Trinajstić information content (AvgIpc) is 2.58. The van der Waals surface area contributed by atoms with Crippen molar-refractivity contribution >= 4 is 5.91 Å². The molecule has 8 heteroatoms. The molecular formula is C9H13F3N4O. The summed E-state index contributed by atoms with van der Waals surface area (Å²) in [5, 5.41) is 2.11. The van der Waals surface area contributed by atoms with E-state index in [-0.39, 0.29) is 6.54 Å². The molecule has 5 nitrogen and oxygen atoms in total. The van der Waals surface area contributed by atoms with Crippen molar-refractivity contribution in [2.45, 2.75) is 25.2 Å². The monoisotopic (exact) mass is 250 g/mol. The lowest BCUT2D eigenvalue weighted by molar-refractivity contribution is -0.187. The van der Waals surface area contributed by atoms with Crippen LogP contribution in [0.1, 0.15) is 12.7 Å². The summed E-state index contributed by atoms with van der Waals surface area (Å²) in [7, 11) is 1.67. The van der Waals surface area contributed by atoms with Crippen molar-refractivity contribution in [2.24, 2.45) is 12.8 Å². The van der Waals surface area contributed by atoms with Crippen LogP contribution >= 0.6 is 0 Å². The number of nitrogens with zero attached hydrogens (tertiary/aromatic N) is 2. The molecule has 0 radical (unpaired) electrons. The van der Waals surface area contributed by atoms with Crippen molar-refractivity contribution in [3.63, 3.8) is 0 Å². The second kappa shape index (κ2) is 4.36. The summed E-state index contributed by atoms with van der Waals surface area (Å²) in [4.78, 5) is 15.2. The molecule has 96 valence electrons. The van der Waals surface area contributed by atoms with Crippen LogP contribution < -0.4 is 11.1 Å². The topological polar surface area (TPSA) is 72.9 Å². The number of carbonyl (C=O) groups excluding carboxylic acids is 1. The molecule has 0 spiro atoms. The van der Waals surface area contributed by atoms with Crippen LogP contribution in [0.15, 0.2) is 12.4 Å². The predicted octanol–water partition coefficient (Wildman–Crippen LogP) is 0.316. The SMILES string of the molecule is Cn1ccnc1CNC(=O)C(C)(N)C(F)(F)F. The molecule has 0 aromatic carbocycles. The number of halogens is 3. The molecule has 0 saturated carbocycles. The van der Waals surface area contributed by atoms with E-state index in [0.29, 0.717) is 12.7 Å². The summed E-state index contributed by atoms with van der Waals surface area (Å²) in [6.45, 7) is 0.520. The number of rotatable bonds is 3. The first-order valence-electron chi connectivity index (χ1n) is 4.76. The van der Waals surface area contributed by atoms with Crippen molar-refractivity contribution in [3.05, 3.63) is 18.2 Å². The van der Waals surface area contributed by atoms with Gasteiger partial charge in [0, 0.05) is 19.4 Å². The molecule has 1 heterocycles. The summed E-state index contributed by atoms with van der Waals surface area (Å²) in [6.07, 6.45) is -1.70. The average molecular weight is 250 g/mol. The number of amides is 1. The van der Waals surface area contributed by atoms with Gasteiger partial charge in [-0.2, -0.15) is 13.2 Å². The minimum atomic E-state index is -4.79. The van der Waals surface area contributed by atoms with Crippen molar-refractivity contribution in [1.29, 1.82) is 0 Å². The minimum absolute atomic E-state index is 0.106. The second-order valence-electron chi connectivity index (χ2n) is 3.84. The van der Waals surface area contributed by atoms with Crippen LogP contribution in [-0.2, 0) is 18.4 Å². The van der Waals surface area contributed by atoms with Crippen molar-refractivity contribution in [1.82, 2.24) is 14.9 Å². The maximum absolute atomic E-state index is 12.4. The maximum atomic E-state index is 12.4. The van der Waals surface area contributed by atoms with Gasteiger partial charge in [-0.25, -0.2) is 4.98 Å². The van der Waals surface area contributed by atoms with Crippen LogP contribution in [0.2, 0.25) is 0 Å². The van der Waals surface area contributed by atoms with Gasteiger partial charge in [-0.1, -0.05) is 0 Å². The van der Waals surface area contributed by atoms with Crippen LogP contribution in [-0.4, -0.2) is 27.2 Å². The van der Waals surface area contributed by atoms with Gasteiger partial charge in [-0.15, -0.1) is 0 Å². The Kier molecular flexibility index (Phi) is 3.46. The fourth-order valence-electron chi connectivity index (χ4n) is 1.04. The molecule has 0 aliphatic carbocycles. The molecule has 3 N–H and O–H groups in total. The second-order valence-corrected chi connectivity index (χ2v) is 3.84. The zero-order valence-corrected chi connectivity index (χ0v) is 9.38. The van der Waals surface area contributed by atoms with Gasteiger partial charge >= 0.3 is 6.18 Å². The van der Waals surface area contributed by atoms with Gasteiger partial charge in [0.05, 0.1) is 6.54 Å². The lowest BCUT2D eigenvalue weighted by Gasteiger charge is -2.25. The third kappa shape index (κ3) is 2.76. The molecule has 1 unspecified atom stereocenters. The highest BCUT2D eigenvalue weighted by molar-refractivity contribution is 5.86. The van der Waals surface area contributed by atoms with E-state index in [4.69, 9.17) is 5.73 Å². The van der Waals surface area contributed by atoms with E-state index in [9.17, 15) is 18.0 Å². The number of carbonyl (C=O) groups is 1. The normalized spacial score (nSPS) is 15.4. The Hall–Kier alpha value is -1.57. The lowest BCUT2D eigenvalue weighted by Crippen LogP contribution is -2.61. The highest BCUT2D eigenvalue weighted by atomic mass is 19.4. The summed E-state index contributed by atoms with van der Waals surface area (Å²) >= 11 is 0. The van der Waals surface area contributed by atoms with Crippen LogP contribution in [0.25, 0.3) is 0 Å². The van der Waals surface area contributed by atoms with Crippen molar-refractivity contribution in [2.75, 3.05) is 0 Å². The quantitative estimate of drug-likeness (QED) is 0.811. The van der Waals surface area contributed by atoms with E-state index in [0.717, 1.165) is 0 Å². The van der Waals surface area contributed by atoms with Gasteiger partial charge in [0.15, 0.2) is 5.54 Å². The third-order valence-electron chi connectivity index (χ3n) is 2.39. The fourth-order valence-corrected chi connectivity index (χ4v) is 1.04. The summed E-state index contributed by atoms with van der Waals surface area (Å²) in [5.41, 5.74) is 2.05. The molecular weight excluding hydrogens is 237 g/mol. The molecule has 0 saturated heterocycles. The highest BCUT2D eigenvalue weighted by Gasteiger charge is 2.53. The van der Waals surface area contributed by atoms with E-state index in [2.05, 4.69) is 10.3 Å². The summed E-state index contributed by atoms with van der Waals surface area (Å²) in [5.74, 6) is -0.843. The molecule has 17 heavy (non-hydrogen) atoms. The molecule has 1 aromatic heterocycles. The zero-order valence-electron chi connectivity index (χ0n) is 9.38. The standard InChI is InChI=1S/C9H13F3N4O/c1-8(13,9(10,11)12)7(17)15-5-6-14-3-4-16(6)2/h3-4H,5,13H2,1-2H3,(H,15,17). The van der Waals surface area contributed by atoms with Crippen LogP contribution in [0.3, 0.4) is 0 Å². The molecule has 1 amide bonds. The Balaban J connectivity index is 2.65. The summed E-state index contributed by atoms with van der Waals surface area (Å²) in [6, 6.07) is 0. The zero-order chi connectivity index (χ0) is 13.3. The highest BCUT2D eigenvalue weighted by Crippen LogP contribution is 2.27. The first kappa shape index (κ1) is 13.5. The number of alkyl halides is 3. The smallest absolute Gasteiger partial charge is 0.347 e. The van der Waals surface area contributed by atoms with Crippen LogP contribution in [0, 0.1) is 0 Å². The van der Waals surface area contributed by atoms with E-state index in [1.54, 1.807) is 17.8 Å². The van der Waals surface area contributed by atoms with Gasteiger partial charge in [-0.05, 0) is 6.92 Å². The lowest BCUT2D eigenvalue weighted by atomic mass is 10.0. The van der Waals surface area contributed by atoms with Gasteiger partial charge in [0.1, 0.15) is 5.82 Å². The number of aryl methyl sites for hydroxylation is 1. The number of hydrogen-bond acceptors (Lipinski definition) is 3. The number of nitrogens with one attached hydrogen (secondary N) is 1. The molecule has 0 fully saturated rings. The van der Waals surface area contributed by atoms with E-state index in [1.165, 1.54) is 6.20 Å². The first-order valence-corrected chi connectivity index (χ1v) is 4.76. The Bertz CT molecular complexity index is 411. The minimum Gasteiger partial charge on any atom is -0.347 e. The van der Waals surface area contributed by atoms with E-state index >= 15 is 0 Å². The van der Waals surface area contributed by atoms with E-state index in [1.807, 2.05) is 0 Å². The molecule has 1 rings (SSSR count). The van der Waals surface area contributed by atoms with E-state index < -0.39 is 17.6 Å². The molecule has 0 bridgehead atoms. The number of aromatic nitrogens is 2. The first-order chi connectivity index (χ1) is 7.66. The van der Waals surface area contributed by atoms with Crippen molar-refractivity contribution in [3.8, 4) is 0 Å². The van der Waals surface area contributed by atoms with Gasteiger partial charge in [-0.3, -0.25) is 4.79 Å². The van der Waals surface area contributed by atoms with Crippen molar-refractivity contribution < 1.29 is 18.0 Å². The molecule has 0 aliphatic rings. The summed E-state index contributed by atoms with van der Waals surface area (Å²) < 4.78 is 38.9. The largest absolute Gasteiger partial charge is 0.415 e. The number of imidazole rings is 1. The third-order valence-corrected chi connectivity index (χ3v) is 2.39. The molecule has 1 aromatic rings. The molecule has 1 atom stereocenters. The van der Waals surface area contributed by atoms with Gasteiger partial charge < -0.3 is 15.6 Å². The number of nitrogens with two attached hydrogens (primary N) is 1. The van der Waals surface area contributed by atoms with Crippen LogP contribution in [0.5, 0.6) is 0 Å². The van der Waals surface area contributed by atoms with Gasteiger partial charge in [0.25, 0.3) is 0 Å². The van der Waals surface area contributed by atoms with Gasteiger partial charge in [0.2, 0.25) is 5.91 Å². The number of hydrogen-bond donors (Lipinski definition) is 2. The Morgan fingerprint density at radius 1 is 1.59 bits per heavy atom. The fraction of sp³-hybridized carbons (Fsp3) is 0.556. The Morgan fingerprint density at radius 2 is 2.18 bits per heavy atom. The predicted molar refractivity (Wildman–Crippen MR) is 53.7 cm³/mol. The molecule has 0 aliphatic heterocycles. The maximum Gasteiger partial charge on any atom is 0.415 e. The van der Waals surface area contributed by atoms with Crippen LogP contribution in [0.4, 0.5) is 13.2 Å². The Labute approximate surface area is 95.8 Å². The Morgan fingerprint density at radius 3 is 2.59 bits per heavy atom.